The average Bonchev–Trinajstić information content (AvgIpc) is 3.38. The largest absolute Gasteiger partial charge is 0.454 e. The molecular formula is C20H18NO6+. The van der Waals surface area contributed by atoms with Gasteiger partial charge in [0.05, 0.1) is 13.6 Å². The molecule has 7 heteroatoms. The summed E-state index contributed by atoms with van der Waals surface area (Å²) < 4.78 is 27.9. The van der Waals surface area contributed by atoms with Crippen LogP contribution in [0.1, 0.15) is 39.2 Å². The fraction of sp³-hybridized carbons (Fsp3) is 0.350. The summed E-state index contributed by atoms with van der Waals surface area (Å²) in [5.41, 5.74) is 3.72. The Labute approximate surface area is 155 Å². The number of cyclic esters (lactones) is 1. The Hall–Kier alpha value is -2.93. The van der Waals surface area contributed by atoms with Crippen molar-refractivity contribution in [2.45, 2.75) is 18.6 Å². The third kappa shape index (κ3) is 2.03. The van der Waals surface area contributed by atoms with Crippen LogP contribution in [0, 0.1) is 0 Å². The average molecular weight is 368 g/mol. The molecule has 0 saturated heterocycles. The van der Waals surface area contributed by atoms with E-state index in [0.717, 1.165) is 35.6 Å². The monoisotopic (exact) mass is 368 g/mol. The van der Waals surface area contributed by atoms with Gasteiger partial charge in [-0.3, -0.25) is 0 Å². The van der Waals surface area contributed by atoms with Crippen LogP contribution in [0.2, 0.25) is 0 Å². The molecule has 0 saturated carbocycles. The SMILES string of the molecule is C[NH+]1CCc2cc3c(cc2[C@@H]1[C@@H]1OC(=O)c2c1ccc1c2OCO1)OCO3. The number of fused-ring (bicyclic) bond motifs is 5. The highest BCUT2D eigenvalue weighted by molar-refractivity contribution is 5.98. The zero-order valence-corrected chi connectivity index (χ0v) is 14.7. The molecular weight excluding hydrogens is 350 g/mol. The van der Waals surface area contributed by atoms with Gasteiger partial charge in [-0.15, -0.1) is 0 Å². The molecule has 0 amide bonds. The van der Waals surface area contributed by atoms with Crippen LogP contribution < -0.4 is 23.8 Å². The zero-order valence-electron chi connectivity index (χ0n) is 14.7. The van der Waals surface area contributed by atoms with Crippen LogP contribution in [0.5, 0.6) is 23.0 Å². The second kappa shape index (κ2) is 5.29. The minimum Gasteiger partial charge on any atom is -0.454 e. The third-order valence-electron chi connectivity index (χ3n) is 5.91. The van der Waals surface area contributed by atoms with E-state index < -0.39 is 0 Å². The summed E-state index contributed by atoms with van der Waals surface area (Å²) in [6, 6.07) is 7.87. The van der Waals surface area contributed by atoms with E-state index in [2.05, 4.69) is 13.1 Å². The lowest BCUT2D eigenvalue weighted by Gasteiger charge is -2.34. The molecule has 2 aromatic carbocycles. The Morgan fingerprint density at radius 2 is 1.74 bits per heavy atom. The van der Waals surface area contributed by atoms with Crippen molar-refractivity contribution < 1.29 is 33.4 Å². The number of esters is 1. The van der Waals surface area contributed by atoms with Crippen LogP contribution in [0.3, 0.4) is 0 Å². The Balaban J connectivity index is 1.49. The van der Waals surface area contributed by atoms with E-state index >= 15 is 0 Å². The molecule has 1 N–H and O–H groups in total. The molecule has 0 aliphatic carbocycles. The number of nitrogens with one attached hydrogen (secondary N) is 1. The lowest BCUT2D eigenvalue weighted by Crippen LogP contribution is -3.11. The smallest absolute Gasteiger partial charge is 0.343 e. The maximum atomic E-state index is 12.7. The number of benzene rings is 2. The summed E-state index contributed by atoms with van der Waals surface area (Å²) in [7, 11) is 2.14. The van der Waals surface area contributed by atoms with Crippen LogP contribution in [-0.2, 0) is 11.2 Å². The normalized spacial score (nSPS) is 26.6. The van der Waals surface area contributed by atoms with Crippen molar-refractivity contribution in [3.05, 3.63) is 46.5 Å². The second-order valence-corrected chi connectivity index (χ2v) is 7.32. The molecule has 0 radical (unpaired) electrons. The predicted octanol–water partition coefficient (Wildman–Crippen LogP) is 1.17. The molecule has 0 fully saturated rings. The van der Waals surface area contributed by atoms with Crippen molar-refractivity contribution in [2.24, 2.45) is 0 Å². The number of carbonyl (C=O) groups excluding carboxylic acids is 1. The van der Waals surface area contributed by atoms with E-state index in [1.165, 1.54) is 10.5 Å². The maximum absolute atomic E-state index is 12.7. The lowest BCUT2D eigenvalue weighted by atomic mass is 9.86. The van der Waals surface area contributed by atoms with Crippen molar-refractivity contribution >= 4 is 5.97 Å². The minimum absolute atomic E-state index is 0.0196. The van der Waals surface area contributed by atoms with Crippen LogP contribution >= 0.6 is 0 Å². The second-order valence-electron chi connectivity index (χ2n) is 7.32. The van der Waals surface area contributed by atoms with Gasteiger partial charge in [0.2, 0.25) is 13.6 Å². The number of hydrogen-bond acceptors (Lipinski definition) is 6. The van der Waals surface area contributed by atoms with Gasteiger partial charge in [-0.05, 0) is 23.8 Å². The van der Waals surface area contributed by atoms with Gasteiger partial charge in [-0.1, -0.05) is 6.07 Å². The van der Waals surface area contributed by atoms with Crippen LogP contribution in [0.4, 0.5) is 0 Å². The number of rotatable bonds is 1. The number of hydrogen-bond donors (Lipinski definition) is 1. The van der Waals surface area contributed by atoms with E-state index in [0.29, 0.717) is 17.1 Å². The molecule has 0 bridgehead atoms. The van der Waals surface area contributed by atoms with E-state index in [1.807, 2.05) is 18.2 Å². The maximum Gasteiger partial charge on any atom is 0.343 e. The minimum atomic E-state index is -0.374. The Morgan fingerprint density at radius 3 is 2.63 bits per heavy atom. The Kier molecular flexibility index (Phi) is 2.97. The van der Waals surface area contributed by atoms with Crippen molar-refractivity contribution in [3.63, 3.8) is 0 Å². The fourth-order valence-corrected chi connectivity index (χ4v) is 4.60. The summed E-state index contributed by atoms with van der Waals surface area (Å²) in [5.74, 6) is 2.29. The summed E-state index contributed by atoms with van der Waals surface area (Å²) >= 11 is 0. The van der Waals surface area contributed by atoms with E-state index in [-0.39, 0.29) is 31.7 Å². The van der Waals surface area contributed by atoms with Gasteiger partial charge < -0.3 is 28.6 Å². The molecule has 138 valence electrons. The molecule has 1 unspecified atom stereocenters. The van der Waals surface area contributed by atoms with Crippen molar-refractivity contribution in [2.75, 3.05) is 27.2 Å². The molecule has 3 atom stereocenters. The van der Waals surface area contributed by atoms with Gasteiger partial charge in [-0.2, -0.15) is 0 Å². The molecule has 6 rings (SSSR count). The van der Waals surface area contributed by atoms with Crippen LogP contribution in [-0.4, -0.2) is 33.1 Å². The highest BCUT2D eigenvalue weighted by Crippen LogP contribution is 2.49. The molecule has 0 aromatic heterocycles. The van der Waals surface area contributed by atoms with Crippen LogP contribution in [0.15, 0.2) is 24.3 Å². The fourth-order valence-electron chi connectivity index (χ4n) is 4.60. The van der Waals surface area contributed by atoms with Crippen molar-refractivity contribution in [3.8, 4) is 23.0 Å². The standard InChI is InChI=1S/C20H17NO6/c1-21-5-4-10-6-14-15(25-8-24-14)7-12(10)17(21)18-11-2-3-13-19(26-9-23-13)16(11)20(22)27-18/h2-3,6-7,17-18H,4-5,8-9H2,1H3/p+1/t17-,18-/m1/s1. The van der Waals surface area contributed by atoms with Gasteiger partial charge in [0, 0.05) is 17.5 Å². The van der Waals surface area contributed by atoms with Gasteiger partial charge in [0.1, 0.15) is 5.56 Å². The molecule has 2 aromatic rings. The number of quaternary nitrogens is 1. The van der Waals surface area contributed by atoms with E-state index in [1.54, 1.807) is 0 Å². The molecule has 0 spiro atoms. The number of likely N-dealkylation sites (N-methyl/N-ethyl adjacent to an activating group) is 1. The first-order chi connectivity index (χ1) is 13.2. The van der Waals surface area contributed by atoms with Gasteiger partial charge in [0.25, 0.3) is 0 Å². The van der Waals surface area contributed by atoms with Gasteiger partial charge in [0.15, 0.2) is 35.1 Å². The van der Waals surface area contributed by atoms with E-state index in [9.17, 15) is 4.79 Å². The highest BCUT2D eigenvalue weighted by Gasteiger charge is 2.47. The third-order valence-corrected chi connectivity index (χ3v) is 5.91. The summed E-state index contributed by atoms with van der Waals surface area (Å²) in [6.45, 7) is 1.33. The molecule has 4 aliphatic rings. The number of carbonyl (C=O) groups is 1. The van der Waals surface area contributed by atoms with Crippen LogP contribution in [0.25, 0.3) is 0 Å². The Bertz CT molecular complexity index is 987. The predicted molar refractivity (Wildman–Crippen MR) is 91.5 cm³/mol. The molecule has 27 heavy (non-hydrogen) atoms. The molecule has 4 aliphatic heterocycles. The quantitative estimate of drug-likeness (QED) is 0.763. The zero-order chi connectivity index (χ0) is 18.1. The van der Waals surface area contributed by atoms with Crippen molar-refractivity contribution in [1.29, 1.82) is 0 Å². The summed E-state index contributed by atoms with van der Waals surface area (Å²) in [6.07, 6.45) is 0.574. The first-order valence-corrected chi connectivity index (χ1v) is 9.09. The topological polar surface area (TPSA) is 67.7 Å². The first kappa shape index (κ1) is 15.2. The number of ether oxygens (including phenoxy) is 5. The highest BCUT2D eigenvalue weighted by atomic mass is 16.7. The molecule has 4 heterocycles. The van der Waals surface area contributed by atoms with Gasteiger partial charge >= 0.3 is 5.97 Å². The first-order valence-electron chi connectivity index (χ1n) is 9.09. The summed E-state index contributed by atoms with van der Waals surface area (Å²) in [4.78, 5) is 14.0. The molecule has 7 nitrogen and oxygen atoms in total. The van der Waals surface area contributed by atoms with Crippen molar-refractivity contribution in [1.82, 2.24) is 0 Å². The summed E-state index contributed by atoms with van der Waals surface area (Å²) in [5, 5.41) is 0. The Morgan fingerprint density at radius 1 is 0.963 bits per heavy atom. The van der Waals surface area contributed by atoms with Gasteiger partial charge in [-0.25, -0.2) is 4.79 Å². The van der Waals surface area contributed by atoms with E-state index in [4.69, 9.17) is 23.7 Å². The lowest BCUT2D eigenvalue weighted by molar-refractivity contribution is -0.919.